The number of primary amides is 2. The monoisotopic (exact) mass is 580 g/mol. The molecule has 0 spiro atoms. The second-order valence-corrected chi connectivity index (χ2v) is 11.2. The Hall–Kier alpha value is -4.42. The number of nitriles is 2. The molecule has 11 heteroatoms. The molecule has 2 saturated heterocycles. The molecule has 2 aromatic carbocycles. The van der Waals surface area contributed by atoms with Crippen LogP contribution in [0.25, 0.3) is 0 Å². The summed E-state index contributed by atoms with van der Waals surface area (Å²) in [5.74, 6) is -1.34. The Balaban J connectivity index is 1.75. The van der Waals surface area contributed by atoms with Gasteiger partial charge >= 0.3 is 0 Å². The van der Waals surface area contributed by atoms with Gasteiger partial charge in [0.1, 0.15) is 33.6 Å². The van der Waals surface area contributed by atoms with Crippen LogP contribution in [-0.2, 0) is 25.5 Å². The van der Waals surface area contributed by atoms with Crippen molar-refractivity contribution in [2.75, 3.05) is 31.1 Å². The topological polar surface area (TPSA) is 171 Å². The highest BCUT2D eigenvalue weighted by molar-refractivity contribution is 8.01. The number of morpholine rings is 1. The molecule has 2 fully saturated rings. The van der Waals surface area contributed by atoms with Crippen molar-refractivity contribution in [3.05, 3.63) is 94.4 Å². The van der Waals surface area contributed by atoms with E-state index in [0.717, 1.165) is 18.3 Å². The average molecular weight is 581 g/mol. The number of fused-ring (bicyclic) bond motifs is 1. The van der Waals surface area contributed by atoms with Crippen molar-refractivity contribution in [3.8, 4) is 12.1 Å². The molecule has 1 aromatic heterocycles. The van der Waals surface area contributed by atoms with Crippen LogP contribution in [-0.4, -0.2) is 55.2 Å². The predicted molar refractivity (Wildman–Crippen MR) is 158 cm³/mol. The second-order valence-electron chi connectivity index (χ2n) is 10.0. The summed E-state index contributed by atoms with van der Waals surface area (Å²) < 4.78 is 4.09. The molecular formula is C31H30N7O3S. The van der Waals surface area contributed by atoms with E-state index in [-0.39, 0.29) is 28.7 Å². The standard InChI is InChI=1S/C31H30N7O3S/c1-2-21-22(15-32)28(38-17-24-25(18-38)41-14-13-36-24)37-29(23(21)16-33)42-31(30(35)40,20-11-7-4-8-12-20)26(27(34)39)19-9-5-3-6-10-19/h3-12,24-25,36H,2,13-14,17-18H2,1H3,(H2,34,39)(H2,35,40). The molecule has 10 nitrogen and oxygen atoms in total. The van der Waals surface area contributed by atoms with Crippen molar-refractivity contribution in [3.63, 3.8) is 0 Å². The summed E-state index contributed by atoms with van der Waals surface area (Å²) in [6.45, 7) is 4.22. The fourth-order valence-electron chi connectivity index (χ4n) is 5.76. The molecular weight excluding hydrogens is 550 g/mol. The minimum absolute atomic E-state index is 0.0359. The molecule has 1 radical (unpaired) electrons. The molecule has 42 heavy (non-hydrogen) atoms. The van der Waals surface area contributed by atoms with Gasteiger partial charge in [-0.2, -0.15) is 10.5 Å². The maximum absolute atomic E-state index is 13.7. The molecule has 5 N–H and O–H groups in total. The third-order valence-corrected chi connectivity index (χ3v) is 9.11. The van der Waals surface area contributed by atoms with Crippen LogP contribution in [0.2, 0.25) is 0 Å². The molecule has 0 aliphatic carbocycles. The van der Waals surface area contributed by atoms with E-state index < -0.39 is 16.6 Å². The number of aromatic nitrogens is 1. The SMILES string of the molecule is CCc1c(C#N)c(SC([C](C(N)=O)c2ccccc2)(C(N)=O)c2ccccc2)nc(N2CC3NCCOC3C2)c1C#N. The van der Waals surface area contributed by atoms with E-state index in [1.54, 1.807) is 60.7 Å². The van der Waals surface area contributed by atoms with Crippen LogP contribution >= 0.6 is 11.8 Å². The number of nitrogens with one attached hydrogen (secondary N) is 1. The lowest BCUT2D eigenvalue weighted by Crippen LogP contribution is -2.49. The molecule has 3 unspecified atom stereocenters. The Morgan fingerprint density at radius 3 is 2.31 bits per heavy atom. The number of thioether (sulfide) groups is 1. The summed E-state index contributed by atoms with van der Waals surface area (Å²) in [6, 6.07) is 21.8. The first kappa shape index (κ1) is 29.1. The number of pyridine rings is 1. The summed E-state index contributed by atoms with van der Waals surface area (Å²) in [5.41, 5.74) is 14.0. The van der Waals surface area contributed by atoms with E-state index in [2.05, 4.69) is 17.5 Å². The number of amides is 2. The van der Waals surface area contributed by atoms with Crippen LogP contribution in [0.4, 0.5) is 5.82 Å². The highest BCUT2D eigenvalue weighted by Gasteiger charge is 2.52. The largest absolute Gasteiger partial charge is 0.373 e. The van der Waals surface area contributed by atoms with E-state index in [9.17, 15) is 20.1 Å². The Kier molecular flexibility index (Phi) is 8.46. The zero-order chi connectivity index (χ0) is 29.9. The summed E-state index contributed by atoms with van der Waals surface area (Å²) in [6.07, 6.45) is 0.287. The van der Waals surface area contributed by atoms with Gasteiger partial charge in [-0.25, -0.2) is 4.98 Å². The fourth-order valence-corrected chi connectivity index (χ4v) is 7.13. The number of hydrogen-bond acceptors (Lipinski definition) is 9. The second kappa shape index (κ2) is 12.2. The van der Waals surface area contributed by atoms with E-state index in [1.165, 1.54) is 0 Å². The van der Waals surface area contributed by atoms with Crippen molar-refractivity contribution in [1.82, 2.24) is 10.3 Å². The van der Waals surface area contributed by atoms with E-state index >= 15 is 0 Å². The van der Waals surface area contributed by atoms with Crippen LogP contribution in [0.3, 0.4) is 0 Å². The molecule has 3 heterocycles. The number of benzene rings is 2. The summed E-state index contributed by atoms with van der Waals surface area (Å²) in [5, 5.41) is 24.2. The lowest BCUT2D eigenvalue weighted by atomic mass is 9.79. The number of anilines is 1. The molecule has 2 amide bonds. The first-order valence-corrected chi connectivity index (χ1v) is 14.4. The maximum atomic E-state index is 13.7. The number of carbonyl (C=O) groups is 2. The van der Waals surface area contributed by atoms with E-state index in [1.807, 2.05) is 11.8 Å². The third kappa shape index (κ3) is 5.07. The van der Waals surface area contributed by atoms with Crippen molar-refractivity contribution in [2.45, 2.75) is 35.3 Å². The normalized spacial score (nSPS) is 19.4. The molecule has 5 rings (SSSR count). The van der Waals surface area contributed by atoms with Crippen LogP contribution in [0.15, 0.2) is 65.7 Å². The number of nitrogens with zero attached hydrogens (tertiary/aromatic N) is 4. The van der Waals surface area contributed by atoms with Gasteiger partial charge in [-0.3, -0.25) is 9.59 Å². The molecule has 0 bridgehead atoms. The number of hydrogen-bond donors (Lipinski definition) is 3. The van der Waals surface area contributed by atoms with Gasteiger partial charge < -0.3 is 26.4 Å². The Bertz CT molecular complexity index is 1560. The molecule has 2 aliphatic heterocycles. The minimum Gasteiger partial charge on any atom is -0.373 e. The van der Waals surface area contributed by atoms with Crippen LogP contribution in [0.1, 0.15) is 34.7 Å². The van der Waals surface area contributed by atoms with Crippen molar-refractivity contribution < 1.29 is 14.3 Å². The van der Waals surface area contributed by atoms with Gasteiger partial charge in [0.15, 0.2) is 0 Å². The number of nitrogens with two attached hydrogens (primary N) is 2. The summed E-state index contributed by atoms with van der Waals surface area (Å²) in [7, 11) is 0. The van der Waals surface area contributed by atoms with Gasteiger partial charge in [-0.15, -0.1) is 0 Å². The summed E-state index contributed by atoms with van der Waals surface area (Å²) >= 11 is 0.898. The highest BCUT2D eigenvalue weighted by atomic mass is 32.2. The number of carbonyl (C=O) groups excluding carboxylic acids is 2. The number of ether oxygens (including phenoxy) is 1. The highest BCUT2D eigenvalue weighted by Crippen LogP contribution is 2.51. The lowest BCUT2D eigenvalue weighted by molar-refractivity contribution is -0.123. The molecule has 0 saturated carbocycles. The van der Waals surface area contributed by atoms with Crippen LogP contribution < -0.4 is 21.7 Å². The molecule has 3 atom stereocenters. The molecule has 2 aliphatic rings. The van der Waals surface area contributed by atoms with Gasteiger partial charge in [0, 0.05) is 19.6 Å². The zero-order valence-electron chi connectivity index (χ0n) is 23.0. The maximum Gasteiger partial charge on any atom is 0.240 e. The van der Waals surface area contributed by atoms with Crippen molar-refractivity contribution >= 4 is 29.4 Å². The summed E-state index contributed by atoms with van der Waals surface area (Å²) in [4.78, 5) is 33.8. The van der Waals surface area contributed by atoms with Gasteiger partial charge in [-0.05, 0) is 23.1 Å². The Labute approximate surface area is 248 Å². The van der Waals surface area contributed by atoms with Gasteiger partial charge in [-0.1, -0.05) is 79.3 Å². The van der Waals surface area contributed by atoms with Crippen LogP contribution in [0.5, 0.6) is 0 Å². The average Bonchev–Trinajstić information content (AvgIpc) is 3.45. The Morgan fingerprint density at radius 1 is 1.07 bits per heavy atom. The van der Waals surface area contributed by atoms with E-state index in [4.69, 9.17) is 21.2 Å². The molecule has 213 valence electrons. The minimum atomic E-state index is -1.85. The van der Waals surface area contributed by atoms with Gasteiger partial charge in [0.05, 0.1) is 29.9 Å². The van der Waals surface area contributed by atoms with Crippen molar-refractivity contribution in [2.24, 2.45) is 11.5 Å². The quantitative estimate of drug-likeness (QED) is 0.321. The van der Waals surface area contributed by atoms with E-state index in [0.29, 0.717) is 54.2 Å². The smallest absolute Gasteiger partial charge is 0.240 e. The Morgan fingerprint density at radius 2 is 1.74 bits per heavy atom. The predicted octanol–water partition coefficient (Wildman–Crippen LogP) is 2.15. The molecule has 3 aromatic rings. The lowest BCUT2D eigenvalue weighted by Gasteiger charge is -2.36. The van der Waals surface area contributed by atoms with Crippen LogP contribution in [0, 0.1) is 28.6 Å². The third-order valence-electron chi connectivity index (χ3n) is 7.67. The number of rotatable bonds is 9. The fraction of sp³-hybridized carbons (Fsp3) is 0.290. The van der Waals surface area contributed by atoms with Crippen molar-refractivity contribution in [1.29, 1.82) is 10.5 Å². The first-order chi connectivity index (χ1) is 20.3. The zero-order valence-corrected chi connectivity index (χ0v) is 23.9. The van der Waals surface area contributed by atoms with Gasteiger partial charge in [0.25, 0.3) is 0 Å². The van der Waals surface area contributed by atoms with Gasteiger partial charge in [0.2, 0.25) is 11.8 Å². The first-order valence-electron chi connectivity index (χ1n) is 13.6.